The minimum absolute atomic E-state index is 0.0209. The molecule has 1 aromatic heterocycles. The van der Waals surface area contributed by atoms with E-state index in [1.807, 2.05) is 0 Å². The highest BCUT2D eigenvalue weighted by Crippen LogP contribution is 2.26. The van der Waals surface area contributed by atoms with E-state index in [-0.39, 0.29) is 17.1 Å². The number of nitrogens with zero attached hydrogens (tertiary/aromatic N) is 3. The molecule has 1 aromatic carbocycles. The van der Waals surface area contributed by atoms with Crippen LogP contribution < -0.4 is 26.5 Å². The van der Waals surface area contributed by atoms with Crippen LogP contribution in [0.15, 0.2) is 34.2 Å². The zero-order valence-electron chi connectivity index (χ0n) is 12.6. The fraction of sp³-hybridized carbons (Fsp3) is 0.133. The zero-order chi connectivity index (χ0) is 17.0. The molecule has 0 amide bonds. The van der Waals surface area contributed by atoms with Crippen molar-refractivity contribution in [1.29, 1.82) is 5.26 Å². The van der Waals surface area contributed by atoms with Crippen LogP contribution in [0.3, 0.4) is 0 Å². The van der Waals surface area contributed by atoms with Crippen molar-refractivity contribution in [3.05, 3.63) is 45.7 Å². The molecule has 2 rings (SSSR count). The van der Waals surface area contributed by atoms with Crippen LogP contribution in [0.25, 0.3) is 0 Å². The topological polar surface area (TPSA) is 129 Å². The molecule has 0 saturated heterocycles. The molecule has 0 spiro atoms. The molecule has 0 aliphatic rings. The summed E-state index contributed by atoms with van der Waals surface area (Å²) in [6.07, 6.45) is 1.41. The minimum Gasteiger partial charge on any atom is -0.493 e. The van der Waals surface area contributed by atoms with Gasteiger partial charge in [-0.05, 0) is 23.8 Å². The van der Waals surface area contributed by atoms with E-state index in [2.05, 4.69) is 5.10 Å². The first kappa shape index (κ1) is 15.9. The van der Waals surface area contributed by atoms with E-state index in [9.17, 15) is 4.79 Å². The normalized spacial score (nSPS) is 10.5. The molecule has 0 aliphatic carbocycles. The highest BCUT2D eigenvalue weighted by atomic mass is 16.5. The molecule has 118 valence electrons. The average molecular weight is 313 g/mol. The number of nitriles is 1. The van der Waals surface area contributed by atoms with Gasteiger partial charge >= 0.3 is 0 Å². The van der Waals surface area contributed by atoms with E-state index in [1.165, 1.54) is 26.5 Å². The third-order valence-corrected chi connectivity index (χ3v) is 3.08. The minimum atomic E-state index is -0.679. The second-order valence-electron chi connectivity index (χ2n) is 4.49. The lowest BCUT2D eigenvalue weighted by molar-refractivity contribution is 0.355. The van der Waals surface area contributed by atoms with E-state index in [0.717, 1.165) is 4.68 Å². The highest BCUT2D eigenvalue weighted by molar-refractivity contribution is 5.81. The summed E-state index contributed by atoms with van der Waals surface area (Å²) in [5.41, 5.74) is 11.1. The van der Waals surface area contributed by atoms with Crippen LogP contribution >= 0.6 is 0 Å². The van der Waals surface area contributed by atoms with Gasteiger partial charge < -0.3 is 20.9 Å². The fourth-order valence-corrected chi connectivity index (χ4v) is 1.93. The molecule has 0 bridgehead atoms. The van der Waals surface area contributed by atoms with Crippen molar-refractivity contribution < 1.29 is 9.47 Å². The van der Waals surface area contributed by atoms with Crippen LogP contribution in [0, 0.1) is 11.3 Å². The van der Waals surface area contributed by atoms with Gasteiger partial charge in [0, 0.05) is 6.07 Å². The third-order valence-electron chi connectivity index (χ3n) is 3.08. The quantitative estimate of drug-likeness (QED) is 0.803. The first-order chi connectivity index (χ1) is 11.0. The van der Waals surface area contributed by atoms with Crippen molar-refractivity contribution in [2.75, 3.05) is 25.7 Å². The summed E-state index contributed by atoms with van der Waals surface area (Å²) in [5.74, 6) is 1.12. The van der Waals surface area contributed by atoms with E-state index < -0.39 is 5.56 Å². The number of nitrogen functional groups attached to an aromatic ring is 2. The standard InChI is InChI=1S/C15H15N5O3/c1-22-12-4-3-9(5-13(12)23-2)8-19-20-14(18)6-11(17)10(7-16)15(20)21/h3-6,8H,17-18H2,1-2H3/b19-8+. The Bertz CT molecular complexity index is 865. The Morgan fingerprint density at radius 1 is 1.22 bits per heavy atom. The molecule has 0 radical (unpaired) electrons. The Kier molecular flexibility index (Phi) is 4.52. The lowest BCUT2D eigenvalue weighted by Crippen LogP contribution is -2.23. The van der Waals surface area contributed by atoms with Crippen molar-refractivity contribution >= 4 is 17.7 Å². The molecule has 8 heteroatoms. The summed E-state index contributed by atoms with van der Waals surface area (Å²) in [6.45, 7) is 0. The van der Waals surface area contributed by atoms with Crippen LogP contribution in [0.5, 0.6) is 11.5 Å². The van der Waals surface area contributed by atoms with Crippen molar-refractivity contribution in [2.24, 2.45) is 5.10 Å². The summed E-state index contributed by atoms with van der Waals surface area (Å²) in [6, 6.07) is 8.17. The van der Waals surface area contributed by atoms with E-state index in [4.69, 9.17) is 26.2 Å². The van der Waals surface area contributed by atoms with Gasteiger partial charge in [-0.25, -0.2) is 0 Å². The van der Waals surface area contributed by atoms with Gasteiger partial charge in [0.25, 0.3) is 5.56 Å². The smallest absolute Gasteiger partial charge is 0.292 e. The van der Waals surface area contributed by atoms with Gasteiger partial charge in [-0.15, -0.1) is 0 Å². The summed E-state index contributed by atoms with van der Waals surface area (Å²) in [4.78, 5) is 12.1. The van der Waals surface area contributed by atoms with Gasteiger partial charge in [-0.2, -0.15) is 15.0 Å². The average Bonchev–Trinajstić information content (AvgIpc) is 2.54. The number of hydrogen-bond acceptors (Lipinski definition) is 7. The number of nitrogens with two attached hydrogens (primary N) is 2. The number of anilines is 2. The summed E-state index contributed by atoms with van der Waals surface area (Å²) in [7, 11) is 3.05. The summed E-state index contributed by atoms with van der Waals surface area (Å²) >= 11 is 0. The molecule has 1 heterocycles. The van der Waals surface area contributed by atoms with Crippen LogP contribution in [0.2, 0.25) is 0 Å². The SMILES string of the molecule is COc1ccc(/C=N/n2c(N)cc(N)c(C#N)c2=O)cc1OC. The number of ether oxygens (including phenoxy) is 2. The second-order valence-corrected chi connectivity index (χ2v) is 4.49. The Morgan fingerprint density at radius 2 is 1.91 bits per heavy atom. The maximum Gasteiger partial charge on any atom is 0.292 e. The summed E-state index contributed by atoms with van der Waals surface area (Å²) < 4.78 is 11.2. The maximum absolute atomic E-state index is 12.1. The largest absolute Gasteiger partial charge is 0.493 e. The number of benzene rings is 1. The van der Waals surface area contributed by atoms with Gasteiger partial charge in [0.05, 0.1) is 26.1 Å². The molecular weight excluding hydrogens is 298 g/mol. The van der Waals surface area contributed by atoms with Gasteiger partial charge in [0.1, 0.15) is 17.5 Å². The molecule has 4 N–H and O–H groups in total. The zero-order valence-corrected chi connectivity index (χ0v) is 12.6. The van der Waals surface area contributed by atoms with Crippen molar-refractivity contribution in [1.82, 2.24) is 4.68 Å². The lowest BCUT2D eigenvalue weighted by Gasteiger charge is -2.08. The van der Waals surface area contributed by atoms with Crippen LogP contribution in [-0.4, -0.2) is 25.1 Å². The predicted molar refractivity (Wildman–Crippen MR) is 86.8 cm³/mol. The molecule has 0 aliphatic heterocycles. The monoisotopic (exact) mass is 313 g/mol. The number of pyridine rings is 1. The van der Waals surface area contributed by atoms with Crippen molar-refractivity contribution in [3.8, 4) is 17.6 Å². The molecule has 23 heavy (non-hydrogen) atoms. The first-order valence-corrected chi connectivity index (χ1v) is 6.49. The number of aromatic nitrogens is 1. The molecule has 0 unspecified atom stereocenters. The van der Waals surface area contributed by atoms with Gasteiger partial charge in [0.2, 0.25) is 0 Å². The van der Waals surface area contributed by atoms with E-state index in [0.29, 0.717) is 17.1 Å². The van der Waals surface area contributed by atoms with E-state index >= 15 is 0 Å². The molecule has 2 aromatic rings. The predicted octanol–water partition coefficient (Wildman–Crippen LogP) is 0.784. The van der Waals surface area contributed by atoms with Crippen LogP contribution in [0.4, 0.5) is 11.5 Å². The van der Waals surface area contributed by atoms with E-state index in [1.54, 1.807) is 24.3 Å². The molecule has 8 nitrogen and oxygen atoms in total. The lowest BCUT2D eigenvalue weighted by atomic mass is 10.2. The Morgan fingerprint density at radius 3 is 2.52 bits per heavy atom. The fourth-order valence-electron chi connectivity index (χ4n) is 1.93. The number of methoxy groups -OCH3 is 2. The second kappa shape index (κ2) is 6.53. The molecular formula is C15H15N5O3. The number of rotatable bonds is 4. The maximum atomic E-state index is 12.1. The van der Waals surface area contributed by atoms with Crippen molar-refractivity contribution in [2.45, 2.75) is 0 Å². The molecule has 0 fully saturated rings. The Hall–Kier alpha value is -3.47. The van der Waals surface area contributed by atoms with Crippen molar-refractivity contribution in [3.63, 3.8) is 0 Å². The molecule has 0 saturated carbocycles. The van der Waals surface area contributed by atoms with Crippen LogP contribution in [-0.2, 0) is 0 Å². The third kappa shape index (κ3) is 3.08. The van der Waals surface area contributed by atoms with Gasteiger partial charge in [0.15, 0.2) is 11.5 Å². The van der Waals surface area contributed by atoms with Crippen LogP contribution in [0.1, 0.15) is 11.1 Å². The highest BCUT2D eigenvalue weighted by Gasteiger charge is 2.10. The Balaban J connectivity index is 2.46. The Labute approximate surface area is 132 Å². The number of hydrogen-bond donors (Lipinski definition) is 2. The van der Waals surface area contributed by atoms with Gasteiger partial charge in [-0.3, -0.25) is 4.79 Å². The molecule has 0 atom stereocenters. The summed E-state index contributed by atoms with van der Waals surface area (Å²) in [5, 5.41) is 13.0. The first-order valence-electron chi connectivity index (χ1n) is 6.49. The van der Waals surface area contributed by atoms with Gasteiger partial charge in [-0.1, -0.05) is 0 Å².